The number of anilines is 2. The first-order chi connectivity index (χ1) is 18.9. The Bertz CT molecular complexity index is 1790. The van der Waals surface area contributed by atoms with Gasteiger partial charge in [-0.1, -0.05) is 29.5 Å². The quantitative estimate of drug-likeness (QED) is 0.281. The van der Waals surface area contributed by atoms with Gasteiger partial charge in [0.15, 0.2) is 15.0 Å². The van der Waals surface area contributed by atoms with E-state index in [1.165, 1.54) is 46.0 Å². The van der Waals surface area contributed by atoms with Crippen LogP contribution in [0.1, 0.15) is 22.3 Å². The molecular weight excluding hydrogens is 604 g/mol. The van der Waals surface area contributed by atoms with Crippen molar-refractivity contribution in [3.63, 3.8) is 0 Å². The van der Waals surface area contributed by atoms with E-state index in [1.54, 1.807) is 17.0 Å². The molecule has 2 heterocycles. The minimum absolute atomic E-state index is 0. The molecule has 0 bridgehead atoms. The predicted octanol–water partition coefficient (Wildman–Crippen LogP) is 4.47. The van der Waals surface area contributed by atoms with Gasteiger partial charge in [-0.2, -0.15) is 0 Å². The van der Waals surface area contributed by atoms with Gasteiger partial charge in [0.2, 0.25) is 0 Å². The van der Waals surface area contributed by atoms with E-state index in [1.807, 2.05) is 43.3 Å². The van der Waals surface area contributed by atoms with E-state index in [-0.39, 0.29) is 28.1 Å². The minimum atomic E-state index is -3.80. The maximum absolute atomic E-state index is 13.7. The number of thiazole rings is 1. The first kappa shape index (κ1) is 30.9. The van der Waals surface area contributed by atoms with Gasteiger partial charge < -0.3 is 4.90 Å². The molecule has 0 aliphatic carbocycles. The highest BCUT2D eigenvalue weighted by molar-refractivity contribution is 7.92. The maximum atomic E-state index is 13.7. The lowest BCUT2D eigenvalue weighted by atomic mass is 10.0. The van der Waals surface area contributed by atoms with Gasteiger partial charge in [-0.05, 0) is 81.0 Å². The molecule has 1 aliphatic heterocycles. The molecule has 41 heavy (non-hydrogen) atoms. The molecule has 0 fully saturated rings. The molecule has 0 saturated carbocycles. The number of nitrogens with zero attached hydrogens (tertiary/aromatic N) is 4. The van der Waals surface area contributed by atoms with Crippen LogP contribution in [0, 0.1) is 0 Å². The van der Waals surface area contributed by atoms with Gasteiger partial charge in [0.25, 0.3) is 15.9 Å². The van der Waals surface area contributed by atoms with Crippen LogP contribution in [-0.4, -0.2) is 72.6 Å². The number of sulfonamides is 1. The normalized spacial score (nSPS) is 13.6. The van der Waals surface area contributed by atoms with Crippen LogP contribution in [0.3, 0.4) is 0 Å². The van der Waals surface area contributed by atoms with Crippen molar-refractivity contribution in [2.24, 2.45) is 0 Å². The van der Waals surface area contributed by atoms with Gasteiger partial charge in [0, 0.05) is 31.5 Å². The minimum Gasteiger partial charge on any atom is -0.308 e. The van der Waals surface area contributed by atoms with Crippen LogP contribution < -0.4 is 9.21 Å². The highest BCUT2D eigenvalue weighted by Gasteiger charge is 2.29. The Hall–Kier alpha value is -3.03. The highest BCUT2D eigenvalue weighted by atomic mass is 35.5. The zero-order valence-corrected chi connectivity index (χ0v) is 26.1. The number of hydrogen-bond donors (Lipinski definition) is 0. The molecule has 0 unspecified atom stereocenters. The number of hydrogen-bond acceptors (Lipinski definition) is 8. The third kappa shape index (κ3) is 6.41. The summed E-state index contributed by atoms with van der Waals surface area (Å²) in [6.07, 6.45) is 2.72. The van der Waals surface area contributed by atoms with Gasteiger partial charge in [-0.3, -0.25) is 14.0 Å². The molecule has 0 saturated heterocycles. The smallest absolute Gasteiger partial charge is 0.264 e. The van der Waals surface area contributed by atoms with Gasteiger partial charge in [0.1, 0.15) is 0 Å². The molecular formula is C28H31ClN4O5S3. The molecule has 0 radical (unpaired) electrons. The van der Waals surface area contributed by atoms with Gasteiger partial charge in [-0.25, -0.2) is 21.8 Å². The Kier molecular flexibility index (Phi) is 9.10. The van der Waals surface area contributed by atoms with Gasteiger partial charge >= 0.3 is 0 Å². The summed E-state index contributed by atoms with van der Waals surface area (Å²) in [6.45, 7) is 1.31. The summed E-state index contributed by atoms with van der Waals surface area (Å²) in [6, 6.07) is 18.2. The average molecular weight is 635 g/mol. The summed E-state index contributed by atoms with van der Waals surface area (Å²) in [5.41, 5.74) is 2.62. The molecule has 1 aromatic heterocycles. The number of likely N-dealkylation sites (N-methyl/N-ethyl adjacent to an activating group) is 1. The second-order valence-corrected chi connectivity index (χ2v) is 14.9. The van der Waals surface area contributed by atoms with Crippen molar-refractivity contribution in [3.8, 4) is 0 Å². The molecule has 9 nitrogen and oxygen atoms in total. The molecule has 4 aromatic rings. The van der Waals surface area contributed by atoms with Crippen LogP contribution in [0.2, 0.25) is 0 Å². The van der Waals surface area contributed by atoms with Crippen molar-refractivity contribution < 1.29 is 21.6 Å². The summed E-state index contributed by atoms with van der Waals surface area (Å²) in [5.74, 6) is -0.323. The molecule has 0 atom stereocenters. The lowest BCUT2D eigenvalue weighted by molar-refractivity contribution is 0.0985. The summed E-state index contributed by atoms with van der Waals surface area (Å²) < 4.78 is 53.2. The predicted molar refractivity (Wildman–Crippen MR) is 166 cm³/mol. The zero-order chi connectivity index (χ0) is 28.7. The Balaban J connectivity index is 0.00000387. The van der Waals surface area contributed by atoms with Crippen LogP contribution in [0.15, 0.2) is 76.5 Å². The van der Waals surface area contributed by atoms with E-state index in [4.69, 9.17) is 0 Å². The van der Waals surface area contributed by atoms with Crippen molar-refractivity contribution in [1.29, 1.82) is 0 Å². The fraction of sp³-hybridized carbons (Fsp3) is 0.286. The van der Waals surface area contributed by atoms with E-state index in [2.05, 4.69) is 4.98 Å². The SMILES string of the molecule is CN(C)CCN(C(=O)c1ccc(S(=O)(=O)N2CCCc3ccccc32)cc1)c1nc2ccc(S(C)(=O)=O)cc2s1.Cl. The fourth-order valence-corrected chi connectivity index (χ4v) is 7.92. The van der Waals surface area contributed by atoms with Crippen molar-refractivity contribution in [2.45, 2.75) is 22.6 Å². The van der Waals surface area contributed by atoms with E-state index < -0.39 is 19.9 Å². The van der Waals surface area contributed by atoms with Crippen molar-refractivity contribution >= 4 is 70.5 Å². The molecule has 1 aliphatic rings. The molecule has 5 rings (SSSR count). The number of rotatable bonds is 8. The Morgan fingerprint density at radius 2 is 1.63 bits per heavy atom. The Morgan fingerprint density at radius 1 is 0.951 bits per heavy atom. The van der Waals surface area contributed by atoms with E-state index in [9.17, 15) is 21.6 Å². The number of carbonyl (C=O) groups excluding carboxylic acids is 1. The zero-order valence-electron chi connectivity index (χ0n) is 22.8. The van der Waals surface area contributed by atoms with Crippen molar-refractivity contribution in [3.05, 3.63) is 77.9 Å². The van der Waals surface area contributed by atoms with Gasteiger partial charge in [0.05, 0.1) is 25.7 Å². The second kappa shape index (κ2) is 12.1. The van der Waals surface area contributed by atoms with Crippen LogP contribution in [0.4, 0.5) is 10.8 Å². The Morgan fingerprint density at radius 3 is 2.32 bits per heavy atom. The topological polar surface area (TPSA) is 108 Å². The molecule has 0 spiro atoms. The summed E-state index contributed by atoms with van der Waals surface area (Å²) in [7, 11) is -3.39. The van der Waals surface area contributed by atoms with E-state index in [0.29, 0.717) is 46.2 Å². The van der Waals surface area contributed by atoms with Crippen LogP contribution in [-0.2, 0) is 26.3 Å². The molecule has 1 amide bonds. The number of amides is 1. The number of para-hydroxylation sites is 1. The third-order valence-corrected chi connectivity index (χ3v) is 10.8. The Labute approximate surface area is 250 Å². The van der Waals surface area contributed by atoms with Crippen LogP contribution >= 0.6 is 23.7 Å². The number of sulfone groups is 1. The summed E-state index contributed by atoms with van der Waals surface area (Å²) in [5, 5.41) is 0.439. The lowest BCUT2D eigenvalue weighted by Gasteiger charge is -2.30. The summed E-state index contributed by atoms with van der Waals surface area (Å²) >= 11 is 1.24. The number of halogens is 1. The number of aromatic nitrogens is 1. The standard InChI is InChI=1S/C28H30N4O5S3.ClH/c1-30(2)17-18-31(28-29-24-15-14-23(39(3,34)35)19-26(24)38-28)27(33)21-10-12-22(13-11-21)40(36,37)32-16-6-8-20-7-4-5-9-25(20)32;/h4-5,7,9-15,19H,6,8,16-18H2,1-3H3;1H. The number of benzene rings is 3. The summed E-state index contributed by atoms with van der Waals surface area (Å²) in [4.78, 5) is 22.1. The molecule has 218 valence electrons. The second-order valence-electron chi connectivity index (χ2n) is 9.99. The third-order valence-electron chi connectivity index (χ3n) is 6.78. The first-order valence-corrected chi connectivity index (χ1v) is 16.9. The molecule has 13 heteroatoms. The van der Waals surface area contributed by atoms with Crippen molar-refractivity contribution in [2.75, 3.05) is 49.2 Å². The molecule has 3 aromatic carbocycles. The van der Waals surface area contributed by atoms with Crippen molar-refractivity contribution in [1.82, 2.24) is 9.88 Å². The highest BCUT2D eigenvalue weighted by Crippen LogP contribution is 2.33. The lowest BCUT2D eigenvalue weighted by Crippen LogP contribution is -2.37. The molecule has 0 N–H and O–H groups in total. The maximum Gasteiger partial charge on any atom is 0.264 e. The average Bonchev–Trinajstić information content (AvgIpc) is 3.35. The largest absolute Gasteiger partial charge is 0.308 e. The van der Waals surface area contributed by atoms with Gasteiger partial charge in [-0.15, -0.1) is 12.4 Å². The number of aryl methyl sites for hydroxylation is 1. The fourth-order valence-electron chi connectivity index (χ4n) is 4.62. The van der Waals surface area contributed by atoms with Crippen LogP contribution in [0.5, 0.6) is 0 Å². The number of fused-ring (bicyclic) bond motifs is 2. The van der Waals surface area contributed by atoms with Crippen LogP contribution in [0.25, 0.3) is 10.2 Å². The van der Waals surface area contributed by atoms with E-state index >= 15 is 0 Å². The van der Waals surface area contributed by atoms with E-state index in [0.717, 1.165) is 24.7 Å². The monoisotopic (exact) mass is 634 g/mol. The number of carbonyl (C=O) groups is 1. The first-order valence-electron chi connectivity index (χ1n) is 12.7.